The molecule has 85 valence electrons. The van der Waals surface area contributed by atoms with Gasteiger partial charge in [0.1, 0.15) is 0 Å². The standard InChI is InChI=1S/C12H15N2O2/c15-11(14-16)12(6-8-13-9-7-12)10-4-2-1-3-5-10/h1-5,16H,6-9H2,(H,14,15). The highest BCUT2D eigenvalue weighted by atomic mass is 16.5. The molecule has 0 spiro atoms. The van der Waals surface area contributed by atoms with Gasteiger partial charge in [0.25, 0.3) is 5.91 Å². The summed E-state index contributed by atoms with van der Waals surface area (Å²) >= 11 is 0. The molecule has 2 N–H and O–H groups in total. The maximum absolute atomic E-state index is 11.9. The van der Waals surface area contributed by atoms with Crippen molar-refractivity contribution in [3.63, 3.8) is 0 Å². The highest BCUT2D eigenvalue weighted by Gasteiger charge is 2.41. The maximum Gasteiger partial charge on any atom is 0.254 e. The number of benzene rings is 1. The quantitative estimate of drug-likeness (QED) is 0.571. The van der Waals surface area contributed by atoms with Crippen molar-refractivity contribution < 1.29 is 10.0 Å². The number of carbonyl (C=O) groups is 1. The van der Waals surface area contributed by atoms with Gasteiger partial charge < -0.3 is 0 Å². The van der Waals surface area contributed by atoms with Gasteiger partial charge in [0, 0.05) is 13.1 Å². The maximum atomic E-state index is 11.9. The minimum Gasteiger partial charge on any atom is -0.289 e. The number of hydroxylamine groups is 1. The van der Waals surface area contributed by atoms with E-state index >= 15 is 0 Å². The summed E-state index contributed by atoms with van der Waals surface area (Å²) < 4.78 is 0. The molecule has 16 heavy (non-hydrogen) atoms. The number of carbonyl (C=O) groups excluding carboxylic acids is 1. The van der Waals surface area contributed by atoms with Crippen LogP contribution in [0.4, 0.5) is 0 Å². The van der Waals surface area contributed by atoms with Gasteiger partial charge in [0.05, 0.1) is 5.41 Å². The van der Waals surface area contributed by atoms with Gasteiger partial charge in [-0.15, -0.1) is 0 Å². The summed E-state index contributed by atoms with van der Waals surface area (Å²) in [5.74, 6) is -0.325. The molecule has 1 aliphatic heterocycles. The fourth-order valence-corrected chi connectivity index (χ4v) is 2.29. The fourth-order valence-electron chi connectivity index (χ4n) is 2.29. The molecule has 1 fully saturated rings. The van der Waals surface area contributed by atoms with Gasteiger partial charge in [0.15, 0.2) is 0 Å². The Morgan fingerprint density at radius 2 is 1.88 bits per heavy atom. The predicted octanol–water partition coefficient (Wildman–Crippen LogP) is 0.828. The van der Waals surface area contributed by atoms with Crippen LogP contribution in [0, 0.1) is 0 Å². The molecule has 1 radical (unpaired) electrons. The second-order valence-electron chi connectivity index (χ2n) is 4.06. The summed E-state index contributed by atoms with van der Waals surface area (Å²) in [5, 5.41) is 13.1. The zero-order chi connectivity index (χ0) is 11.4. The molecule has 1 aromatic carbocycles. The van der Waals surface area contributed by atoms with Crippen molar-refractivity contribution in [2.45, 2.75) is 18.3 Å². The van der Waals surface area contributed by atoms with Crippen molar-refractivity contribution in [1.29, 1.82) is 0 Å². The molecular weight excluding hydrogens is 204 g/mol. The van der Waals surface area contributed by atoms with Crippen LogP contribution in [-0.2, 0) is 10.2 Å². The molecule has 1 saturated heterocycles. The monoisotopic (exact) mass is 219 g/mol. The van der Waals surface area contributed by atoms with Crippen molar-refractivity contribution >= 4 is 5.91 Å². The number of hydrogen-bond acceptors (Lipinski definition) is 2. The van der Waals surface area contributed by atoms with Crippen LogP contribution in [0.25, 0.3) is 0 Å². The first kappa shape index (κ1) is 11.1. The van der Waals surface area contributed by atoms with Gasteiger partial charge in [-0.1, -0.05) is 30.3 Å². The summed E-state index contributed by atoms with van der Waals surface area (Å²) in [6.45, 7) is 1.34. The molecule has 0 aromatic heterocycles. The van der Waals surface area contributed by atoms with E-state index in [0.29, 0.717) is 25.9 Å². The highest BCUT2D eigenvalue weighted by Crippen LogP contribution is 2.33. The molecule has 4 heteroatoms. The molecule has 4 nitrogen and oxygen atoms in total. The highest BCUT2D eigenvalue weighted by molar-refractivity contribution is 5.87. The van der Waals surface area contributed by atoms with Crippen LogP contribution in [0.3, 0.4) is 0 Å². The Bertz CT molecular complexity index is 359. The Balaban J connectivity index is 2.38. The van der Waals surface area contributed by atoms with E-state index in [9.17, 15) is 4.79 Å². The molecule has 1 aliphatic rings. The fraction of sp³-hybridized carbons (Fsp3) is 0.417. The lowest BCUT2D eigenvalue weighted by atomic mass is 9.72. The van der Waals surface area contributed by atoms with Crippen LogP contribution in [0.5, 0.6) is 0 Å². The first-order chi connectivity index (χ1) is 7.79. The Labute approximate surface area is 94.6 Å². The van der Waals surface area contributed by atoms with Crippen LogP contribution in [0.1, 0.15) is 18.4 Å². The van der Waals surface area contributed by atoms with Gasteiger partial charge >= 0.3 is 0 Å². The largest absolute Gasteiger partial charge is 0.289 e. The lowest BCUT2D eigenvalue weighted by Crippen LogP contribution is -2.48. The number of nitrogens with one attached hydrogen (secondary N) is 1. The van der Waals surface area contributed by atoms with Crippen molar-refractivity contribution in [2.75, 3.05) is 13.1 Å². The van der Waals surface area contributed by atoms with E-state index in [1.165, 1.54) is 0 Å². The lowest BCUT2D eigenvalue weighted by molar-refractivity contribution is -0.136. The van der Waals surface area contributed by atoms with E-state index in [1.807, 2.05) is 30.3 Å². The van der Waals surface area contributed by atoms with Crippen LogP contribution in [0.15, 0.2) is 30.3 Å². The molecule has 0 saturated carbocycles. The van der Waals surface area contributed by atoms with Crippen molar-refractivity contribution in [3.05, 3.63) is 35.9 Å². The zero-order valence-corrected chi connectivity index (χ0v) is 9.02. The van der Waals surface area contributed by atoms with Gasteiger partial charge in [-0.2, -0.15) is 0 Å². The minimum atomic E-state index is -0.613. The third-order valence-electron chi connectivity index (χ3n) is 3.26. The first-order valence-electron chi connectivity index (χ1n) is 5.43. The molecule has 0 unspecified atom stereocenters. The Morgan fingerprint density at radius 3 is 2.44 bits per heavy atom. The van der Waals surface area contributed by atoms with Crippen LogP contribution in [0.2, 0.25) is 0 Å². The van der Waals surface area contributed by atoms with Gasteiger partial charge in [-0.3, -0.25) is 10.0 Å². The van der Waals surface area contributed by atoms with E-state index < -0.39 is 5.41 Å². The summed E-state index contributed by atoms with van der Waals surface area (Å²) in [4.78, 5) is 11.9. The smallest absolute Gasteiger partial charge is 0.254 e. The molecule has 0 bridgehead atoms. The molecule has 2 rings (SSSR count). The van der Waals surface area contributed by atoms with Gasteiger partial charge in [-0.25, -0.2) is 10.8 Å². The Hall–Kier alpha value is -1.39. The summed E-state index contributed by atoms with van der Waals surface area (Å²) in [7, 11) is 0. The minimum absolute atomic E-state index is 0.325. The van der Waals surface area contributed by atoms with Crippen molar-refractivity contribution in [1.82, 2.24) is 10.8 Å². The SMILES string of the molecule is O=C(NO)C1(c2ccccc2)CC[N]CC1. The van der Waals surface area contributed by atoms with Crippen molar-refractivity contribution in [2.24, 2.45) is 0 Å². The zero-order valence-electron chi connectivity index (χ0n) is 9.02. The molecule has 0 atom stereocenters. The topological polar surface area (TPSA) is 63.4 Å². The Morgan fingerprint density at radius 1 is 1.25 bits per heavy atom. The first-order valence-corrected chi connectivity index (χ1v) is 5.43. The molecule has 0 aliphatic carbocycles. The van der Waals surface area contributed by atoms with E-state index in [-0.39, 0.29) is 5.91 Å². The second-order valence-corrected chi connectivity index (χ2v) is 4.06. The van der Waals surface area contributed by atoms with Gasteiger partial charge in [0.2, 0.25) is 0 Å². The number of piperidine rings is 1. The molecular formula is C12H15N2O2. The summed E-state index contributed by atoms with van der Waals surface area (Å²) in [5.41, 5.74) is 2.14. The average molecular weight is 219 g/mol. The van der Waals surface area contributed by atoms with Gasteiger partial charge in [-0.05, 0) is 18.4 Å². The van der Waals surface area contributed by atoms with E-state index in [1.54, 1.807) is 5.48 Å². The van der Waals surface area contributed by atoms with E-state index in [4.69, 9.17) is 5.21 Å². The van der Waals surface area contributed by atoms with Crippen LogP contribution < -0.4 is 10.8 Å². The second kappa shape index (κ2) is 4.63. The van der Waals surface area contributed by atoms with E-state index in [2.05, 4.69) is 5.32 Å². The Kier molecular flexibility index (Phi) is 3.22. The number of hydrogen-bond donors (Lipinski definition) is 2. The third kappa shape index (κ3) is 1.81. The van der Waals surface area contributed by atoms with Crippen molar-refractivity contribution in [3.8, 4) is 0 Å². The van der Waals surface area contributed by atoms with Crippen LogP contribution in [-0.4, -0.2) is 24.2 Å². The number of rotatable bonds is 2. The average Bonchev–Trinajstić information content (AvgIpc) is 2.39. The predicted molar refractivity (Wildman–Crippen MR) is 59.2 cm³/mol. The van der Waals surface area contributed by atoms with E-state index in [0.717, 1.165) is 5.56 Å². The van der Waals surface area contributed by atoms with Crippen LogP contribution >= 0.6 is 0 Å². The number of amides is 1. The molecule has 1 aromatic rings. The lowest BCUT2D eigenvalue weighted by Gasteiger charge is -2.35. The molecule has 1 heterocycles. The summed E-state index contributed by atoms with van der Waals surface area (Å²) in [6.07, 6.45) is 1.31. The number of nitrogens with zero attached hydrogens (tertiary/aromatic N) is 1. The molecule has 1 amide bonds. The third-order valence-corrected chi connectivity index (χ3v) is 3.26. The summed E-state index contributed by atoms with van der Waals surface area (Å²) in [6, 6.07) is 9.60. The normalized spacial score (nSPS) is 19.1.